The Morgan fingerprint density at radius 2 is 1.79 bits per heavy atom. The molecule has 4 rings (SSSR count). The fourth-order valence-corrected chi connectivity index (χ4v) is 2.87. The molecule has 5 nitrogen and oxygen atoms in total. The van der Waals surface area contributed by atoms with Crippen molar-refractivity contribution in [2.75, 3.05) is 0 Å². The van der Waals surface area contributed by atoms with Crippen molar-refractivity contribution in [3.63, 3.8) is 0 Å². The van der Waals surface area contributed by atoms with Crippen LogP contribution in [-0.2, 0) is 0 Å². The monoisotopic (exact) mass is 316 g/mol. The fourth-order valence-electron chi connectivity index (χ4n) is 2.87. The van der Waals surface area contributed by atoms with E-state index >= 15 is 0 Å². The van der Waals surface area contributed by atoms with Gasteiger partial charge in [-0.1, -0.05) is 42.0 Å². The van der Waals surface area contributed by atoms with Crippen LogP contribution >= 0.6 is 0 Å². The molecule has 0 aliphatic carbocycles. The average molecular weight is 316 g/mol. The van der Waals surface area contributed by atoms with Gasteiger partial charge in [-0.3, -0.25) is 4.79 Å². The normalized spacial score (nSPS) is 11.1. The van der Waals surface area contributed by atoms with Crippen LogP contribution < -0.4 is 5.56 Å². The van der Waals surface area contributed by atoms with Gasteiger partial charge in [-0.2, -0.15) is 5.10 Å². The molecule has 0 atom stereocenters. The van der Waals surface area contributed by atoms with Crippen molar-refractivity contribution in [3.05, 3.63) is 76.2 Å². The van der Waals surface area contributed by atoms with E-state index in [0.717, 1.165) is 16.8 Å². The second-order valence-corrected chi connectivity index (χ2v) is 5.82. The van der Waals surface area contributed by atoms with Gasteiger partial charge in [0, 0.05) is 5.56 Å². The van der Waals surface area contributed by atoms with Crippen molar-refractivity contribution in [3.8, 4) is 17.1 Å². The summed E-state index contributed by atoms with van der Waals surface area (Å²) >= 11 is 0. The van der Waals surface area contributed by atoms with Gasteiger partial charge < -0.3 is 4.98 Å². The van der Waals surface area contributed by atoms with Gasteiger partial charge in [0.05, 0.1) is 11.4 Å². The van der Waals surface area contributed by atoms with E-state index in [2.05, 4.69) is 15.1 Å². The van der Waals surface area contributed by atoms with Crippen LogP contribution in [0.1, 0.15) is 11.3 Å². The predicted octanol–water partition coefficient (Wildman–Crippen LogP) is 3.39. The molecule has 0 aliphatic rings. The summed E-state index contributed by atoms with van der Waals surface area (Å²) in [4.78, 5) is 20.1. The highest BCUT2D eigenvalue weighted by Gasteiger charge is 2.15. The van der Waals surface area contributed by atoms with E-state index in [0.29, 0.717) is 22.6 Å². The molecule has 0 aliphatic heterocycles. The number of rotatable bonds is 2. The lowest BCUT2D eigenvalue weighted by molar-refractivity contribution is 0.877. The molecule has 1 N–H and O–H groups in total. The van der Waals surface area contributed by atoms with Crippen LogP contribution in [-0.4, -0.2) is 19.7 Å². The standard InChI is InChI=1S/C19H16N4O/c1-12-7-6-8-14(11-12)17-20-18-16(19(24)21-17)13(2)22-23(18)15-9-4-3-5-10-15/h3-11H,1-2H3,(H,20,21,24). The number of fused-ring (bicyclic) bond motifs is 1. The zero-order chi connectivity index (χ0) is 16.7. The number of para-hydroxylation sites is 1. The minimum atomic E-state index is -0.170. The van der Waals surface area contributed by atoms with Gasteiger partial charge in [0.1, 0.15) is 11.2 Å². The summed E-state index contributed by atoms with van der Waals surface area (Å²) in [5.41, 5.74) is 3.94. The maximum absolute atomic E-state index is 12.6. The highest BCUT2D eigenvalue weighted by molar-refractivity contribution is 5.80. The molecule has 5 heteroatoms. The maximum atomic E-state index is 12.6. The second-order valence-electron chi connectivity index (χ2n) is 5.82. The smallest absolute Gasteiger partial charge is 0.262 e. The molecule has 0 spiro atoms. The lowest BCUT2D eigenvalue weighted by Crippen LogP contribution is -2.10. The summed E-state index contributed by atoms with van der Waals surface area (Å²) < 4.78 is 1.72. The van der Waals surface area contributed by atoms with Crippen molar-refractivity contribution in [2.24, 2.45) is 0 Å². The second kappa shape index (κ2) is 5.45. The average Bonchev–Trinajstić information content (AvgIpc) is 2.93. The summed E-state index contributed by atoms with van der Waals surface area (Å²) in [6, 6.07) is 17.6. The van der Waals surface area contributed by atoms with Gasteiger partial charge >= 0.3 is 0 Å². The van der Waals surface area contributed by atoms with Gasteiger partial charge in [-0.05, 0) is 32.0 Å². The first-order valence-corrected chi connectivity index (χ1v) is 7.75. The van der Waals surface area contributed by atoms with Crippen LogP contribution in [0.15, 0.2) is 59.4 Å². The summed E-state index contributed by atoms with van der Waals surface area (Å²) in [7, 11) is 0. The van der Waals surface area contributed by atoms with E-state index in [1.165, 1.54) is 0 Å². The number of aryl methyl sites for hydroxylation is 2. The van der Waals surface area contributed by atoms with Gasteiger partial charge in [0.15, 0.2) is 5.65 Å². The Morgan fingerprint density at radius 3 is 2.54 bits per heavy atom. The van der Waals surface area contributed by atoms with E-state index in [1.54, 1.807) is 4.68 Å². The fraction of sp³-hybridized carbons (Fsp3) is 0.105. The quantitative estimate of drug-likeness (QED) is 0.616. The van der Waals surface area contributed by atoms with Gasteiger partial charge in [-0.25, -0.2) is 9.67 Å². The van der Waals surface area contributed by atoms with Crippen LogP contribution in [0, 0.1) is 13.8 Å². The Morgan fingerprint density at radius 1 is 1.00 bits per heavy atom. The lowest BCUT2D eigenvalue weighted by atomic mass is 10.1. The number of aromatic nitrogens is 4. The molecular weight excluding hydrogens is 300 g/mol. The summed E-state index contributed by atoms with van der Waals surface area (Å²) in [6.07, 6.45) is 0. The molecule has 0 saturated heterocycles. The molecule has 0 fully saturated rings. The van der Waals surface area contributed by atoms with Crippen LogP contribution in [0.4, 0.5) is 0 Å². The summed E-state index contributed by atoms with van der Waals surface area (Å²) in [5.74, 6) is 0.549. The molecule has 0 saturated carbocycles. The number of benzene rings is 2. The minimum absolute atomic E-state index is 0.170. The molecular formula is C19H16N4O. The number of nitrogens with zero attached hydrogens (tertiary/aromatic N) is 3. The number of hydrogen-bond donors (Lipinski definition) is 1. The first-order chi connectivity index (χ1) is 11.6. The Bertz CT molecular complexity index is 1090. The van der Waals surface area contributed by atoms with E-state index in [1.807, 2.05) is 68.4 Å². The molecule has 2 aromatic carbocycles. The third-order valence-corrected chi connectivity index (χ3v) is 4.01. The first-order valence-electron chi connectivity index (χ1n) is 7.75. The molecule has 2 heterocycles. The van der Waals surface area contributed by atoms with Crippen molar-refractivity contribution in [1.82, 2.24) is 19.7 Å². The van der Waals surface area contributed by atoms with E-state index in [9.17, 15) is 4.79 Å². The SMILES string of the molecule is Cc1cccc(-c2nc3c(c(C)nn3-c3ccccc3)c(=O)[nH]2)c1. The largest absolute Gasteiger partial charge is 0.306 e. The van der Waals surface area contributed by atoms with Crippen molar-refractivity contribution < 1.29 is 0 Å². The van der Waals surface area contributed by atoms with E-state index in [-0.39, 0.29) is 5.56 Å². The Balaban J connectivity index is 2.02. The topological polar surface area (TPSA) is 63.6 Å². The lowest BCUT2D eigenvalue weighted by Gasteiger charge is -2.05. The van der Waals surface area contributed by atoms with Crippen molar-refractivity contribution >= 4 is 11.0 Å². The number of nitrogens with one attached hydrogen (secondary N) is 1. The zero-order valence-electron chi connectivity index (χ0n) is 13.4. The summed E-state index contributed by atoms with van der Waals surface area (Å²) in [6.45, 7) is 3.84. The van der Waals surface area contributed by atoms with Crippen LogP contribution in [0.25, 0.3) is 28.1 Å². The maximum Gasteiger partial charge on any atom is 0.262 e. The van der Waals surface area contributed by atoms with E-state index in [4.69, 9.17) is 0 Å². The Hall–Kier alpha value is -3.21. The molecule has 118 valence electrons. The summed E-state index contributed by atoms with van der Waals surface area (Å²) in [5, 5.41) is 5.03. The molecule has 0 unspecified atom stereocenters. The number of aromatic amines is 1. The molecule has 4 aromatic rings. The predicted molar refractivity (Wildman–Crippen MR) is 94.4 cm³/mol. The third kappa shape index (κ3) is 2.31. The Kier molecular flexibility index (Phi) is 3.27. The number of H-pyrrole nitrogens is 1. The molecule has 0 radical (unpaired) electrons. The van der Waals surface area contributed by atoms with Gasteiger partial charge in [0.2, 0.25) is 0 Å². The van der Waals surface area contributed by atoms with Gasteiger partial charge in [0.25, 0.3) is 5.56 Å². The number of hydrogen-bond acceptors (Lipinski definition) is 3. The third-order valence-electron chi connectivity index (χ3n) is 4.01. The molecule has 2 aromatic heterocycles. The van der Waals surface area contributed by atoms with E-state index < -0.39 is 0 Å². The van der Waals surface area contributed by atoms with Crippen molar-refractivity contribution in [2.45, 2.75) is 13.8 Å². The van der Waals surface area contributed by atoms with Gasteiger partial charge in [-0.15, -0.1) is 0 Å². The molecule has 0 bridgehead atoms. The van der Waals surface area contributed by atoms with Crippen LogP contribution in [0.2, 0.25) is 0 Å². The van der Waals surface area contributed by atoms with Crippen LogP contribution in [0.5, 0.6) is 0 Å². The highest BCUT2D eigenvalue weighted by atomic mass is 16.1. The van der Waals surface area contributed by atoms with Crippen LogP contribution in [0.3, 0.4) is 0 Å². The first kappa shape index (κ1) is 14.4. The Labute approximate surface area is 138 Å². The molecule has 0 amide bonds. The zero-order valence-corrected chi connectivity index (χ0v) is 13.4. The highest BCUT2D eigenvalue weighted by Crippen LogP contribution is 2.21. The minimum Gasteiger partial charge on any atom is -0.306 e. The molecule has 24 heavy (non-hydrogen) atoms. The van der Waals surface area contributed by atoms with Crippen molar-refractivity contribution in [1.29, 1.82) is 0 Å².